The largest absolute Gasteiger partial charge is 0.0795 e. The van der Waals surface area contributed by atoms with Gasteiger partial charge in [0.2, 0.25) is 0 Å². The molecule has 0 atom stereocenters. The monoisotopic (exact) mass is 956 g/mol. The lowest BCUT2D eigenvalue weighted by molar-refractivity contribution is 1.23. The van der Waals surface area contributed by atoms with Crippen LogP contribution in [0.15, 0.2) is 237 Å². The van der Waals surface area contributed by atoms with E-state index < -0.39 is 0 Å². The van der Waals surface area contributed by atoms with Gasteiger partial charge in [-0.2, -0.15) is 0 Å². The minimum Gasteiger partial charge on any atom is -0.0795 e. The first kappa shape index (κ1) is 40.8. The van der Waals surface area contributed by atoms with Crippen molar-refractivity contribution < 1.29 is 0 Å². The lowest BCUT2D eigenvalue weighted by Gasteiger charge is -2.25. The lowest BCUT2D eigenvalue weighted by Crippen LogP contribution is -2.04. The van der Waals surface area contributed by atoms with E-state index in [1.165, 1.54) is 186 Å². The average molecular weight is 957 g/mol. The molecule has 0 aromatic heterocycles. The van der Waals surface area contributed by atoms with Gasteiger partial charge in [0.25, 0.3) is 0 Å². The van der Waals surface area contributed by atoms with E-state index in [4.69, 9.17) is 0 Å². The van der Waals surface area contributed by atoms with E-state index in [-0.39, 0.29) is 0 Å². The molecule has 0 heterocycles. The van der Waals surface area contributed by atoms with Crippen LogP contribution >= 0.6 is 0 Å². The highest BCUT2D eigenvalue weighted by molar-refractivity contribution is 6.26. The molecule has 0 unspecified atom stereocenters. The molecule has 2 aliphatic carbocycles. The van der Waals surface area contributed by atoms with Gasteiger partial charge in [0.1, 0.15) is 0 Å². The van der Waals surface area contributed by atoms with E-state index in [1.54, 1.807) is 0 Å². The van der Waals surface area contributed by atoms with Crippen LogP contribution in [-0.2, 0) is 6.42 Å². The first-order chi connectivity index (χ1) is 37.6. The fourth-order valence-corrected chi connectivity index (χ4v) is 14.3. The molecule has 0 saturated heterocycles. The van der Waals surface area contributed by atoms with Crippen molar-refractivity contribution in [3.05, 3.63) is 253 Å². The van der Waals surface area contributed by atoms with Crippen molar-refractivity contribution in [3.8, 4) is 55.6 Å². The van der Waals surface area contributed by atoms with Crippen molar-refractivity contribution in [1.29, 1.82) is 0 Å². The number of hydrogen-bond acceptors (Lipinski definition) is 0. The van der Waals surface area contributed by atoms with Crippen LogP contribution in [0.1, 0.15) is 23.1 Å². The third kappa shape index (κ3) is 5.79. The summed E-state index contributed by atoms with van der Waals surface area (Å²) in [6, 6.07) is 86.6. The van der Waals surface area contributed by atoms with Gasteiger partial charge in [-0.05, 0) is 277 Å². The fourth-order valence-electron chi connectivity index (χ4n) is 14.3. The third-order valence-electron chi connectivity index (χ3n) is 17.7. The third-order valence-corrected chi connectivity index (χ3v) is 17.7. The highest BCUT2D eigenvalue weighted by atomic mass is 14.3. The molecular weight excluding hydrogens is 913 g/mol. The second-order valence-corrected chi connectivity index (χ2v) is 21.9. The van der Waals surface area contributed by atoms with Crippen LogP contribution in [0.25, 0.3) is 175 Å². The van der Waals surface area contributed by atoms with Gasteiger partial charge in [0, 0.05) is 0 Å². The van der Waals surface area contributed by atoms with Crippen LogP contribution in [0.3, 0.4) is 0 Å². The minimum atomic E-state index is 0.967. The Morgan fingerprint density at radius 1 is 0.250 bits per heavy atom. The second-order valence-electron chi connectivity index (χ2n) is 21.9. The Kier molecular flexibility index (Phi) is 8.06. The van der Waals surface area contributed by atoms with E-state index in [9.17, 15) is 0 Å². The molecule has 0 saturated carbocycles. The molecule has 0 N–H and O–H groups in total. The predicted octanol–water partition coefficient (Wildman–Crippen LogP) is 21.2. The van der Waals surface area contributed by atoms with Crippen molar-refractivity contribution in [3.63, 3.8) is 0 Å². The number of allylic oxidation sites excluding steroid dienone is 3. The van der Waals surface area contributed by atoms with E-state index in [0.717, 1.165) is 12.8 Å². The molecule has 0 aliphatic heterocycles. The molecular formula is C76H44. The van der Waals surface area contributed by atoms with Gasteiger partial charge in [-0.15, -0.1) is 0 Å². The molecule has 0 fully saturated rings. The fraction of sp³-hybridized carbons (Fsp3) is 0.0263. The summed E-state index contributed by atoms with van der Waals surface area (Å²) in [5.41, 5.74) is 17.8. The topological polar surface area (TPSA) is 0 Å². The Labute approximate surface area is 438 Å². The van der Waals surface area contributed by atoms with Gasteiger partial charge in [-0.1, -0.05) is 164 Å². The Balaban J connectivity index is 0.915. The molecule has 76 heavy (non-hydrogen) atoms. The van der Waals surface area contributed by atoms with Gasteiger partial charge >= 0.3 is 0 Å². The van der Waals surface area contributed by atoms with E-state index >= 15 is 0 Å². The summed E-state index contributed by atoms with van der Waals surface area (Å²) in [5, 5.41) is 26.1. The Morgan fingerprint density at radius 2 is 0.579 bits per heavy atom. The second kappa shape index (κ2) is 15.0. The van der Waals surface area contributed by atoms with Crippen LogP contribution in [0.4, 0.5) is 0 Å². The first-order valence-corrected chi connectivity index (χ1v) is 26.9. The highest BCUT2D eigenvalue weighted by Crippen LogP contribution is 2.48. The molecule has 0 amide bonds. The maximum absolute atomic E-state index is 2.49. The van der Waals surface area contributed by atoms with Crippen molar-refractivity contribution in [2.24, 2.45) is 0 Å². The summed E-state index contributed by atoms with van der Waals surface area (Å²) in [7, 11) is 0. The van der Waals surface area contributed by atoms with Crippen LogP contribution in [0, 0.1) is 0 Å². The number of rotatable bonds is 5. The Morgan fingerprint density at radius 3 is 0.974 bits per heavy atom. The van der Waals surface area contributed by atoms with Gasteiger partial charge < -0.3 is 0 Å². The van der Waals surface area contributed by atoms with Crippen LogP contribution in [0.5, 0.6) is 0 Å². The molecule has 2 aliphatic rings. The summed E-state index contributed by atoms with van der Waals surface area (Å²) >= 11 is 0. The smallest absolute Gasteiger partial charge is 0.00264 e. The van der Waals surface area contributed by atoms with E-state index in [2.05, 4.69) is 243 Å². The van der Waals surface area contributed by atoms with Crippen molar-refractivity contribution in [2.75, 3.05) is 0 Å². The maximum atomic E-state index is 2.49. The summed E-state index contributed by atoms with van der Waals surface area (Å²) in [6.07, 6.45) is 9.13. The summed E-state index contributed by atoms with van der Waals surface area (Å²) in [4.78, 5) is 0. The zero-order valence-electron chi connectivity index (χ0n) is 41.5. The van der Waals surface area contributed by atoms with Gasteiger partial charge in [0.15, 0.2) is 0 Å². The number of benzene rings is 16. The molecule has 18 rings (SSSR count). The van der Waals surface area contributed by atoms with Crippen molar-refractivity contribution in [2.45, 2.75) is 12.8 Å². The molecule has 0 heteroatoms. The normalized spacial score (nSPS) is 13.4. The molecule has 16 aromatic rings. The lowest BCUT2D eigenvalue weighted by atomic mass is 9.78. The van der Waals surface area contributed by atoms with E-state index in [0.29, 0.717) is 0 Å². The average Bonchev–Trinajstić information content (AvgIpc) is 3.59. The summed E-state index contributed by atoms with van der Waals surface area (Å²) < 4.78 is 0. The Hall–Kier alpha value is -9.62. The summed E-state index contributed by atoms with van der Waals surface area (Å²) in [5.74, 6) is 0. The van der Waals surface area contributed by atoms with Crippen molar-refractivity contribution >= 4 is 119 Å². The van der Waals surface area contributed by atoms with E-state index in [1.807, 2.05) is 0 Å². The zero-order chi connectivity index (χ0) is 49.3. The standard InChI is InChI=1S/C76H44/c1-6-43-18-24-52-30-58(31-53-25-19-44(7-1)69(43)73(52)53)61-36-62(59-32-54-26-20-45-8-2-9-46-21-27-55(33-59)74(54)70(45)46)38-63(37-61)65-39-64(60-34-56-28-22-47-10-3-11-48-23-29-57(35-60)75(56)71(47)48)40-66(41-65)68-42-51-14-4-12-49-16-17-50-13-5-15-67(68)76(50)72(49)51/h1-11,13-16,18-42H,12,17H2. The predicted molar refractivity (Wildman–Crippen MR) is 328 cm³/mol. The van der Waals surface area contributed by atoms with Crippen LogP contribution < -0.4 is 0 Å². The molecule has 0 nitrogen and oxygen atoms in total. The first-order valence-electron chi connectivity index (χ1n) is 26.9. The molecule has 0 spiro atoms. The SMILES string of the molecule is C1=Cc2cc(-c3cc(-c4cc(-c5cc6ccc7cccc8ccc(c5)c6c78)cc(-c5cc6ccc7cccc8ccc(c5)c6c78)c4)cc(-c4cc5ccc6cccc7ccc(c4)c5c67)c3)c3cccc4c3c2C(=CC4)C1. The van der Waals surface area contributed by atoms with Gasteiger partial charge in [-0.25, -0.2) is 0 Å². The summed E-state index contributed by atoms with van der Waals surface area (Å²) in [6.45, 7) is 0. The van der Waals surface area contributed by atoms with Crippen LogP contribution in [-0.4, -0.2) is 0 Å². The van der Waals surface area contributed by atoms with Gasteiger partial charge in [-0.3, -0.25) is 0 Å². The molecule has 348 valence electrons. The Bertz CT molecular complexity index is 4910. The quantitative estimate of drug-likeness (QED) is 0.151. The maximum Gasteiger partial charge on any atom is -0.00264 e. The minimum absolute atomic E-state index is 0.967. The molecule has 16 aromatic carbocycles. The van der Waals surface area contributed by atoms with Crippen LogP contribution in [0.2, 0.25) is 0 Å². The molecule has 0 bridgehead atoms. The zero-order valence-corrected chi connectivity index (χ0v) is 41.5. The van der Waals surface area contributed by atoms with Gasteiger partial charge in [0.05, 0.1) is 0 Å². The molecule has 0 radical (unpaired) electrons. The highest BCUT2D eigenvalue weighted by Gasteiger charge is 2.24. The van der Waals surface area contributed by atoms with Crippen molar-refractivity contribution in [1.82, 2.24) is 0 Å². The number of hydrogen-bond donors (Lipinski definition) is 0.